The van der Waals surface area contributed by atoms with Crippen LogP contribution in [0, 0.1) is 5.41 Å². The summed E-state index contributed by atoms with van der Waals surface area (Å²) in [4.78, 5) is 16.7. The lowest BCUT2D eigenvalue weighted by Gasteiger charge is -2.20. The van der Waals surface area contributed by atoms with Crippen LogP contribution in [0.1, 0.15) is 50.7 Å². The molecule has 2 heterocycles. The molecule has 0 spiro atoms. The number of thioether (sulfide) groups is 1. The summed E-state index contributed by atoms with van der Waals surface area (Å²) < 4.78 is 17.2. The van der Waals surface area contributed by atoms with Gasteiger partial charge >= 0.3 is 0 Å². The second-order valence-corrected chi connectivity index (χ2v) is 9.39. The van der Waals surface area contributed by atoms with Gasteiger partial charge in [-0.25, -0.2) is 0 Å². The maximum absolute atomic E-state index is 12.6. The van der Waals surface area contributed by atoms with Crippen molar-refractivity contribution in [3.8, 4) is 17.2 Å². The van der Waals surface area contributed by atoms with E-state index in [1.807, 2.05) is 19.1 Å². The second kappa shape index (κ2) is 12.8. The zero-order chi connectivity index (χ0) is 25.7. The number of hydrogen-bond acceptors (Lipinski definition) is 7. The van der Waals surface area contributed by atoms with Crippen LogP contribution in [0.3, 0.4) is 0 Å². The third-order valence-corrected chi connectivity index (χ3v) is 7.02. The Hall–Kier alpha value is -3.30. The smallest absolute Gasteiger partial charge is 0.283 e. The number of nitrogens with zero attached hydrogens (tertiary/aromatic N) is 3. The number of nitrogens with one attached hydrogen (secondary N) is 1. The van der Waals surface area contributed by atoms with Crippen LogP contribution in [0.15, 0.2) is 58.1 Å². The van der Waals surface area contributed by atoms with E-state index in [9.17, 15) is 4.79 Å². The van der Waals surface area contributed by atoms with Crippen molar-refractivity contribution in [2.45, 2.75) is 39.5 Å². The monoisotopic (exact) mass is 542 g/mol. The normalized spacial score (nSPS) is 16.5. The Morgan fingerprint density at radius 3 is 2.49 bits per heavy atom. The third-order valence-electron chi connectivity index (χ3n) is 5.97. The van der Waals surface area contributed by atoms with Crippen molar-refractivity contribution in [1.82, 2.24) is 5.01 Å². The molecule has 2 aromatic carbocycles. The molecule has 0 bridgehead atoms. The van der Waals surface area contributed by atoms with Crippen LogP contribution in [0.25, 0.3) is 6.08 Å². The van der Waals surface area contributed by atoms with E-state index in [4.69, 9.17) is 19.6 Å². The Morgan fingerprint density at radius 1 is 1.08 bits per heavy atom. The number of fused-ring (bicyclic) bond motifs is 1. The predicted molar refractivity (Wildman–Crippen MR) is 152 cm³/mol. The minimum atomic E-state index is -0.458. The Kier molecular flexibility index (Phi) is 9.77. The number of rotatable bonds is 10. The van der Waals surface area contributed by atoms with Crippen LogP contribution in [-0.2, 0) is 4.79 Å². The Bertz CT molecular complexity index is 1240. The maximum atomic E-state index is 12.6. The summed E-state index contributed by atoms with van der Waals surface area (Å²) in [6, 6.07) is 13.5. The molecule has 0 fully saturated rings. The number of hydrogen-bond donors (Lipinski definition) is 1. The van der Waals surface area contributed by atoms with Gasteiger partial charge < -0.3 is 14.2 Å². The highest BCUT2D eigenvalue weighted by Gasteiger charge is 2.35. The lowest BCUT2D eigenvalue weighted by atomic mass is 9.99. The van der Waals surface area contributed by atoms with E-state index in [-0.39, 0.29) is 23.8 Å². The molecule has 37 heavy (non-hydrogen) atoms. The van der Waals surface area contributed by atoms with Gasteiger partial charge in [-0.1, -0.05) is 39.0 Å². The molecule has 0 aliphatic carbocycles. The summed E-state index contributed by atoms with van der Waals surface area (Å²) in [6.45, 7) is 7.09. The summed E-state index contributed by atoms with van der Waals surface area (Å²) >= 11 is 1.32. The number of halogens is 1. The van der Waals surface area contributed by atoms with Crippen molar-refractivity contribution in [2.24, 2.45) is 10.1 Å². The lowest BCUT2D eigenvalue weighted by Crippen LogP contribution is -2.35. The van der Waals surface area contributed by atoms with E-state index in [2.05, 4.69) is 36.1 Å². The number of aliphatic imine (C=N–C) groups is 1. The summed E-state index contributed by atoms with van der Waals surface area (Å²) in [5, 5.41) is 15.5. The van der Waals surface area contributed by atoms with E-state index >= 15 is 0 Å². The minimum absolute atomic E-state index is 0. The zero-order valence-corrected chi connectivity index (χ0v) is 22.9. The third kappa shape index (κ3) is 6.53. The molecule has 2 aliphatic rings. The van der Waals surface area contributed by atoms with Crippen molar-refractivity contribution >= 4 is 52.2 Å². The van der Waals surface area contributed by atoms with Gasteiger partial charge in [0.1, 0.15) is 24.0 Å². The molecule has 0 aromatic heterocycles. The molecule has 1 atom stereocenters. The standard InChI is InChI=1S/C27H30N4O4S.ClH/c1-5-17(3)19-8-10-20(11-9-19)34-13-14-35-22-12-7-18(16-23(22)33-4)15-21-25(28)31-27(29-26(21)32)36-24(6-2)30-31;/h7-12,15-17,28H,5-6,13-14H2,1-4H3;1H/b21-15-,28-25?;. The molecule has 1 amide bonds. The molecule has 0 saturated heterocycles. The van der Waals surface area contributed by atoms with Crippen molar-refractivity contribution in [1.29, 1.82) is 5.41 Å². The number of carbonyl (C=O) groups is 1. The van der Waals surface area contributed by atoms with Gasteiger partial charge in [0.15, 0.2) is 17.3 Å². The van der Waals surface area contributed by atoms with Crippen LogP contribution in [0.2, 0.25) is 0 Å². The maximum Gasteiger partial charge on any atom is 0.283 e. The molecule has 8 nitrogen and oxygen atoms in total. The first-order chi connectivity index (χ1) is 17.4. The number of ether oxygens (including phenoxy) is 3. The SMILES string of the molecule is CCC1=NN2C(=N)/C(=C/c3ccc(OCCOc4ccc(C(C)CC)cc4)c(OC)c3)C(=O)N=C2S1.Cl. The van der Waals surface area contributed by atoms with E-state index in [1.54, 1.807) is 31.4 Å². The molecule has 2 aromatic rings. The van der Waals surface area contributed by atoms with E-state index < -0.39 is 5.91 Å². The second-order valence-electron chi connectivity index (χ2n) is 8.35. The fourth-order valence-corrected chi connectivity index (χ4v) is 4.50. The number of carbonyl (C=O) groups excluding carboxylic acids is 1. The van der Waals surface area contributed by atoms with Gasteiger partial charge in [0.05, 0.1) is 12.7 Å². The number of amidine groups is 2. The van der Waals surface area contributed by atoms with Crippen LogP contribution >= 0.6 is 24.2 Å². The first-order valence-corrected chi connectivity index (χ1v) is 12.8. The zero-order valence-electron chi connectivity index (χ0n) is 21.3. The summed E-state index contributed by atoms with van der Waals surface area (Å²) in [7, 11) is 1.56. The van der Waals surface area contributed by atoms with E-state index in [1.165, 1.54) is 22.3 Å². The molecular weight excluding hydrogens is 512 g/mol. The molecule has 0 saturated carbocycles. The van der Waals surface area contributed by atoms with Crippen molar-refractivity contribution in [2.75, 3.05) is 20.3 Å². The molecule has 2 aliphatic heterocycles. The van der Waals surface area contributed by atoms with Gasteiger partial charge in [0, 0.05) is 0 Å². The van der Waals surface area contributed by atoms with Crippen molar-refractivity contribution in [3.63, 3.8) is 0 Å². The number of hydrazone groups is 1. The first kappa shape index (κ1) is 28.3. The van der Waals surface area contributed by atoms with Crippen LogP contribution in [-0.4, -0.2) is 47.3 Å². The first-order valence-electron chi connectivity index (χ1n) is 12.0. The Morgan fingerprint density at radius 2 is 1.81 bits per heavy atom. The van der Waals surface area contributed by atoms with Crippen molar-refractivity contribution in [3.05, 3.63) is 59.2 Å². The van der Waals surface area contributed by atoms with E-state index in [0.717, 1.165) is 23.6 Å². The molecule has 1 unspecified atom stereocenters. The highest BCUT2D eigenvalue weighted by atomic mass is 35.5. The molecule has 1 N–H and O–H groups in total. The van der Waals surface area contributed by atoms with E-state index in [0.29, 0.717) is 41.4 Å². The number of benzene rings is 2. The predicted octanol–water partition coefficient (Wildman–Crippen LogP) is 6.12. The highest BCUT2D eigenvalue weighted by Crippen LogP contribution is 2.32. The molecule has 196 valence electrons. The fourth-order valence-electron chi connectivity index (χ4n) is 3.67. The van der Waals surface area contributed by atoms with Crippen LogP contribution in [0.5, 0.6) is 17.2 Å². The number of amides is 1. The highest BCUT2D eigenvalue weighted by molar-refractivity contribution is 8.26. The average Bonchev–Trinajstić information content (AvgIpc) is 3.32. The van der Waals surface area contributed by atoms with Gasteiger partial charge in [-0.3, -0.25) is 10.2 Å². The van der Waals surface area contributed by atoms with Gasteiger partial charge in [0.2, 0.25) is 5.17 Å². The Labute approximate surface area is 227 Å². The van der Waals surface area contributed by atoms with Crippen molar-refractivity contribution < 1.29 is 19.0 Å². The largest absolute Gasteiger partial charge is 0.493 e. The lowest BCUT2D eigenvalue weighted by molar-refractivity contribution is -0.114. The minimum Gasteiger partial charge on any atom is -0.493 e. The molecular formula is C27H31ClN4O4S. The van der Waals surface area contributed by atoms with Crippen LogP contribution in [0.4, 0.5) is 0 Å². The van der Waals surface area contributed by atoms with Gasteiger partial charge in [0.25, 0.3) is 5.91 Å². The summed E-state index contributed by atoms with van der Waals surface area (Å²) in [5.74, 6) is 1.96. The average molecular weight is 543 g/mol. The van der Waals surface area contributed by atoms with Crippen LogP contribution < -0.4 is 14.2 Å². The molecule has 10 heteroatoms. The molecule has 4 rings (SSSR count). The van der Waals surface area contributed by atoms with Gasteiger partial charge in [-0.05, 0) is 72.0 Å². The topological polar surface area (TPSA) is 96.6 Å². The number of methoxy groups -OCH3 is 1. The molecule has 0 radical (unpaired) electrons. The quantitative estimate of drug-likeness (QED) is 0.287. The van der Waals surface area contributed by atoms with Gasteiger partial charge in [-0.15, -0.1) is 12.4 Å². The summed E-state index contributed by atoms with van der Waals surface area (Å²) in [6.07, 6.45) is 3.44. The summed E-state index contributed by atoms with van der Waals surface area (Å²) in [5.41, 5.74) is 2.16. The van der Waals surface area contributed by atoms with Gasteiger partial charge in [-0.2, -0.15) is 15.1 Å². The Balaban J connectivity index is 0.00000380. The fraction of sp³-hybridized carbons (Fsp3) is 0.333.